The van der Waals surface area contributed by atoms with Crippen LogP contribution in [-0.4, -0.2) is 64.1 Å². The van der Waals surface area contributed by atoms with Gasteiger partial charge in [-0.25, -0.2) is 0 Å². The molecule has 4 heteroatoms. The van der Waals surface area contributed by atoms with Gasteiger partial charge in [0.05, 0.1) is 19.8 Å². The molecule has 0 aromatic rings. The van der Waals surface area contributed by atoms with Crippen LogP contribution in [0, 0.1) is 5.92 Å². The highest BCUT2D eigenvalue weighted by molar-refractivity contribution is 4.83. The normalized spacial score (nSPS) is 23.8. The Bertz CT molecular complexity index is 190. The highest BCUT2D eigenvalue weighted by Crippen LogP contribution is 2.15. The quantitative estimate of drug-likeness (QED) is 0.645. The number of piperazine rings is 1. The second kappa shape index (κ2) is 8.86. The molecule has 1 rings (SSSR count). The van der Waals surface area contributed by atoms with Crippen LogP contribution in [0.3, 0.4) is 0 Å². The topological polar surface area (TPSA) is 33.7 Å². The molecule has 1 aliphatic heterocycles. The standard InChI is InChI=1S/C13H28N2O2/c1-4-12(2)13-11-14-5-6-15(13)7-8-17-10-9-16-3/h12-14H,4-11H2,1-3H3. The molecule has 0 radical (unpaired) electrons. The Kier molecular flexibility index (Phi) is 7.77. The molecular formula is C13H28N2O2. The van der Waals surface area contributed by atoms with Gasteiger partial charge >= 0.3 is 0 Å². The van der Waals surface area contributed by atoms with E-state index < -0.39 is 0 Å². The summed E-state index contributed by atoms with van der Waals surface area (Å²) in [6.45, 7) is 11.2. The first-order chi connectivity index (χ1) is 8.29. The van der Waals surface area contributed by atoms with Gasteiger partial charge in [-0.05, 0) is 5.92 Å². The van der Waals surface area contributed by atoms with Crippen LogP contribution in [-0.2, 0) is 9.47 Å². The predicted molar refractivity (Wildman–Crippen MR) is 70.4 cm³/mol. The molecule has 0 spiro atoms. The van der Waals surface area contributed by atoms with Crippen LogP contribution in [0.2, 0.25) is 0 Å². The van der Waals surface area contributed by atoms with Gasteiger partial charge in [0, 0.05) is 39.3 Å². The van der Waals surface area contributed by atoms with Crippen LogP contribution in [0.15, 0.2) is 0 Å². The Balaban J connectivity index is 2.23. The molecule has 0 aliphatic carbocycles. The summed E-state index contributed by atoms with van der Waals surface area (Å²) in [7, 11) is 1.71. The minimum Gasteiger partial charge on any atom is -0.382 e. The fourth-order valence-corrected chi connectivity index (χ4v) is 2.30. The molecule has 0 saturated carbocycles. The molecule has 2 unspecified atom stereocenters. The molecule has 1 N–H and O–H groups in total. The van der Waals surface area contributed by atoms with Crippen molar-refractivity contribution in [3.63, 3.8) is 0 Å². The summed E-state index contributed by atoms with van der Waals surface area (Å²) in [5.74, 6) is 0.752. The van der Waals surface area contributed by atoms with Gasteiger partial charge in [-0.2, -0.15) is 0 Å². The van der Waals surface area contributed by atoms with Gasteiger partial charge in [0.15, 0.2) is 0 Å². The van der Waals surface area contributed by atoms with Gasteiger partial charge in [0.25, 0.3) is 0 Å². The van der Waals surface area contributed by atoms with Gasteiger partial charge in [-0.15, -0.1) is 0 Å². The fraction of sp³-hybridized carbons (Fsp3) is 1.00. The average molecular weight is 244 g/mol. The molecule has 1 heterocycles. The predicted octanol–water partition coefficient (Wildman–Crippen LogP) is 0.969. The number of methoxy groups -OCH3 is 1. The van der Waals surface area contributed by atoms with Crippen LogP contribution in [0.4, 0.5) is 0 Å². The monoisotopic (exact) mass is 244 g/mol. The summed E-state index contributed by atoms with van der Waals surface area (Å²) < 4.78 is 10.5. The van der Waals surface area contributed by atoms with E-state index in [4.69, 9.17) is 9.47 Å². The van der Waals surface area contributed by atoms with Crippen LogP contribution < -0.4 is 5.32 Å². The minimum atomic E-state index is 0.666. The number of hydrogen-bond acceptors (Lipinski definition) is 4. The van der Waals surface area contributed by atoms with E-state index in [-0.39, 0.29) is 0 Å². The molecule has 0 bridgehead atoms. The molecule has 1 saturated heterocycles. The number of nitrogens with zero attached hydrogens (tertiary/aromatic N) is 1. The van der Waals surface area contributed by atoms with Crippen molar-refractivity contribution >= 4 is 0 Å². The van der Waals surface area contributed by atoms with E-state index in [1.54, 1.807) is 7.11 Å². The SMILES string of the molecule is CCC(C)C1CNCCN1CCOCCOC. The molecule has 102 valence electrons. The van der Waals surface area contributed by atoms with Crippen molar-refractivity contribution in [2.24, 2.45) is 5.92 Å². The van der Waals surface area contributed by atoms with Crippen LogP contribution in [0.25, 0.3) is 0 Å². The Morgan fingerprint density at radius 3 is 2.88 bits per heavy atom. The first kappa shape index (κ1) is 14.9. The lowest BCUT2D eigenvalue weighted by Crippen LogP contribution is -2.54. The number of rotatable bonds is 8. The van der Waals surface area contributed by atoms with Crippen molar-refractivity contribution in [1.82, 2.24) is 10.2 Å². The Hall–Kier alpha value is -0.160. The third-order valence-corrected chi connectivity index (χ3v) is 3.65. The summed E-state index contributed by atoms with van der Waals surface area (Å²) in [5.41, 5.74) is 0. The maximum atomic E-state index is 5.55. The van der Waals surface area contributed by atoms with Gasteiger partial charge in [0.2, 0.25) is 0 Å². The van der Waals surface area contributed by atoms with Crippen molar-refractivity contribution in [1.29, 1.82) is 0 Å². The zero-order valence-electron chi connectivity index (χ0n) is 11.6. The highest BCUT2D eigenvalue weighted by Gasteiger charge is 2.25. The van der Waals surface area contributed by atoms with E-state index in [9.17, 15) is 0 Å². The summed E-state index contributed by atoms with van der Waals surface area (Å²) in [6, 6.07) is 0.666. The van der Waals surface area contributed by atoms with Crippen molar-refractivity contribution in [3.8, 4) is 0 Å². The number of nitrogens with one attached hydrogen (secondary N) is 1. The molecule has 0 aromatic heterocycles. The largest absolute Gasteiger partial charge is 0.382 e. The van der Waals surface area contributed by atoms with Crippen molar-refractivity contribution < 1.29 is 9.47 Å². The smallest absolute Gasteiger partial charge is 0.0700 e. The number of hydrogen-bond donors (Lipinski definition) is 1. The summed E-state index contributed by atoms with van der Waals surface area (Å²) >= 11 is 0. The van der Waals surface area contributed by atoms with Crippen LogP contribution in [0.1, 0.15) is 20.3 Å². The summed E-state index contributed by atoms with van der Waals surface area (Å²) in [5, 5.41) is 3.49. The first-order valence-electron chi connectivity index (χ1n) is 6.81. The van der Waals surface area contributed by atoms with Crippen molar-refractivity contribution in [2.45, 2.75) is 26.3 Å². The van der Waals surface area contributed by atoms with E-state index in [0.717, 1.165) is 38.7 Å². The first-order valence-corrected chi connectivity index (χ1v) is 6.81. The molecule has 0 amide bonds. The second-order valence-corrected chi connectivity index (χ2v) is 4.80. The molecule has 1 fully saturated rings. The summed E-state index contributed by atoms with van der Waals surface area (Å²) in [6.07, 6.45) is 1.24. The lowest BCUT2D eigenvalue weighted by atomic mass is 9.96. The molecule has 17 heavy (non-hydrogen) atoms. The van der Waals surface area contributed by atoms with Crippen molar-refractivity contribution in [2.75, 3.05) is 53.1 Å². The van der Waals surface area contributed by atoms with Crippen LogP contribution >= 0.6 is 0 Å². The maximum absolute atomic E-state index is 5.55. The Morgan fingerprint density at radius 1 is 1.35 bits per heavy atom. The van der Waals surface area contributed by atoms with E-state index in [1.165, 1.54) is 6.42 Å². The fourth-order valence-electron chi connectivity index (χ4n) is 2.30. The number of ether oxygens (including phenoxy) is 2. The zero-order chi connectivity index (χ0) is 12.5. The van der Waals surface area contributed by atoms with Crippen LogP contribution in [0.5, 0.6) is 0 Å². The maximum Gasteiger partial charge on any atom is 0.0700 e. The van der Waals surface area contributed by atoms with Gasteiger partial charge < -0.3 is 14.8 Å². The minimum absolute atomic E-state index is 0.666. The van der Waals surface area contributed by atoms with Gasteiger partial charge in [0.1, 0.15) is 0 Å². The zero-order valence-corrected chi connectivity index (χ0v) is 11.6. The molecule has 2 atom stereocenters. The molecule has 1 aliphatic rings. The van der Waals surface area contributed by atoms with E-state index in [1.807, 2.05) is 0 Å². The van der Waals surface area contributed by atoms with Crippen molar-refractivity contribution in [3.05, 3.63) is 0 Å². The van der Waals surface area contributed by atoms with E-state index in [0.29, 0.717) is 19.3 Å². The van der Waals surface area contributed by atoms with E-state index in [2.05, 4.69) is 24.1 Å². The summed E-state index contributed by atoms with van der Waals surface area (Å²) in [4.78, 5) is 2.57. The third kappa shape index (κ3) is 5.34. The average Bonchev–Trinajstić information content (AvgIpc) is 2.38. The second-order valence-electron chi connectivity index (χ2n) is 4.80. The lowest BCUT2D eigenvalue weighted by molar-refractivity contribution is 0.0362. The third-order valence-electron chi connectivity index (χ3n) is 3.65. The van der Waals surface area contributed by atoms with Gasteiger partial charge in [-0.3, -0.25) is 4.90 Å². The molecular weight excluding hydrogens is 216 g/mol. The lowest BCUT2D eigenvalue weighted by Gasteiger charge is -2.39. The highest BCUT2D eigenvalue weighted by atomic mass is 16.5. The molecule has 0 aromatic carbocycles. The Morgan fingerprint density at radius 2 is 2.18 bits per heavy atom. The Labute approximate surface area is 106 Å². The molecule has 4 nitrogen and oxygen atoms in total. The van der Waals surface area contributed by atoms with Gasteiger partial charge in [-0.1, -0.05) is 20.3 Å². The van der Waals surface area contributed by atoms with E-state index >= 15 is 0 Å².